The maximum Gasteiger partial charge on any atom is 0.165 e. The van der Waals surface area contributed by atoms with Crippen molar-refractivity contribution >= 4 is 0 Å². The molecule has 0 fully saturated rings. The fourth-order valence-corrected chi connectivity index (χ4v) is 2.19. The molecule has 0 amide bonds. The molecule has 3 rings (SSSR count). The van der Waals surface area contributed by atoms with Gasteiger partial charge in [-0.15, -0.1) is 0 Å². The molecule has 0 aliphatic heterocycles. The highest BCUT2D eigenvalue weighted by atomic mass is 17.1. The monoisotopic (exact) mass is 262 g/mol. The molecule has 3 aromatic rings. The van der Waals surface area contributed by atoms with Crippen LogP contribution in [-0.4, -0.2) is 5.26 Å². The molecule has 0 unspecified atom stereocenters. The number of benzene rings is 3. The van der Waals surface area contributed by atoms with Gasteiger partial charge in [0, 0.05) is 0 Å². The minimum atomic E-state index is 0.439. The van der Waals surface area contributed by atoms with E-state index < -0.39 is 0 Å². The minimum Gasteiger partial charge on any atom is -0.340 e. The average Bonchev–Trinajstić information content (AvgIpc) is 2.56. The first-order valence-corrected chi connectivity index (χ1v) is 6.44. The molecule has 0 aliphatic rings. The Morgan fingerprint density at radius 2 is 0.900 bits per heavy atom. The smallest absolute Gasteiger partial charge is 0.165 e. The summed E-state index contributed by atoms with van der Waals surface area (Å²) in [4.78, 5) is 4.18. The van der Waals surface area contributed by atoms with Crippen LogP contribution in [0.1, 0.15) is 0 Å². The Balaban J connectivity index is 1.89. The van der Waals surface area contributed by atoms with Gasteiger partial charge < -0.3 is 4.89 Å². The first-order chi connectivity index (χ1) is 9.86. The summed E-state index contributed by atoms with van der Waals surface area (Å²) < 4.78 is 0. The van der Waals surface area contributed by atoms with E-state index in [0.29, 0.717) is 5.75 Å². The van der Waals surface area contributed by atoms with Crippen molar-refractivity contribution in [2.24, 2.45) is 0 Å². The van der Waals surface area contributed by atoms with E-state index in [1.807, 2.05) is 30.3 Å². The summed E-state index contributed by atoms with van der Waals surface area (Å²) in [5, 5.41) is 8.56. The van der Waals surface area contributed by atoms with Gasteiger partial charge in [-0.25, -0.2) is 5.26 Å². The Morgan fingerprint density at radius 1 is 0.500 bits per heavy atom. The highest BCUT2D eigenvalue weighted by Gasteiger charge is 2.00. The second-order valence-corrected chi connectivity index (χ2v) is 4.56. The molecule has 2 heteroatoms. The van der Waals surface area contributed by atoms with Gasteiger partial charge in [-0.3, -0.25) is 0 Å². The standard InChI is InChI=1S/C18H14O2/c19-20-18-12-10-17(11-13-18)16-8-6-15(7-9-16)14-4-2-1-3-5-14/h1-13,19H. The zero-order valence-electron chi connectivity index (χ0n) is 10.9. The first kappa shape index (κ1) is 12.5. The molecule has 0 saturated heterocycles. The predicted octanol–water partition coefficient (Wildman–Crippen LogP) is 4.87. The topological polar surface area (TPSA) is 29.5 Å². The molecule has 0 aliphatic carbocycles. The molecule has 0 atom stereocenters. The summed E-state index contributed by atoms with van der Waals surface area (Å²) >= 11 is 0. The van der Waals surface area contributed by atoms with Gasteiger partial charge in [0.1, 0.15) is 0 Å². The lowest BCUT2D eigenvalue weighted by Crippen LogP contribution is -1.84. The SMILES string of the molecule is OOc1ccc(-c2ccc(-c3ccccc3)cc2)cc1. The quantitative estimate of drug-likeness (QED) is 0.539. The summed E-state index contributed by atoms with van der Waals surface area (Å²) in [6.07, 6.45) is 0. The van der Waals surface area contributed by atoms with Crippen LogP contribution in [0.3, 0.4) is 0 Å². The second-order valence-electron chi connectivity index (χ2n) is 4.56. The molecule has 0 radical (unpaired) electrons. The van der Waals surface area contributed by atoms with E-state index in [2.05, 4.69) is 41.3 Å². The third kappa shape index (κ3) is 2.56. The number of rotatable bonds is 3. The van der Waals surface area contributed by atoms with Crippen LogP contribution in [-0.2, 0) is 0 Å². The van der Waals surface area contributed by atoms with E-state index in [1.54, 1.807) is 12.1 Å². The van der Waals surface area contributed by atoms with Gasteiger partial charge in [0.2, 0.25) is 0 Å². The lowest BCUT2D eigenvalue weighted by Gasteiger charge is -2.05. The van der Waals surface area contributed by atoms with Crippen LogP contribution in [0.15, 0.2) is 78.9 Å². The van der Waals surface area contributed by atoms with E-state index in [-0.39, 0.29) is 0 Å². The molecule has 0 spiro atoms. The second kappa shape index (κ2) is 5.59. The molecule has 0 bridgehead atoms. The van der Waals surface area contributed by atoms with Crippen LogP contribution in [0.25, 0.3) is 22.3 Å². The summed E-state index contributed by atoms with van der Waals surface area (Å²) in [5.74, 6) is 0.439. The lowest BCUT2D eigenvalue weighted by atomic mass is 10.0. The van der Waals surface area contributed by atoms with Gasteiger partial charge in [0.05, 0.1) is 0 Å². The molecular weight excluding hydrogens is 248 g/mol. The van der Waals surface area contributed by atoms with Crippen molar-refractivity contribution in [3.63, 3.8) is 0 Å². The van der Waals surface area contributed by atoms with Gasteiger partial charge in [-0.05, 0) is 34.4 Å². The van der Waals surface area contributed by atoms with Crippen LogP contribution in [0.4, 0.5) is 0 Å². The van der Waals surface area contributed by atoms with E-state index in [1.165, 1.54) is 11.1 Å². The van der Waals surface area contributed by atoms with Gasteiger partial charge in [-0.1, -0.05) is 66.7 Å². The Bertz CT molecular complexity index is 671. The molecule has 3 aromatic carbocycles. The van der Waals surface area contributed by atoms with Gasteiger partial charge in [0.15, 0.2) is 5.75 Å². The van der Waals surface area contributed by atoms with E-state index in [9.17, 15) is 0 Å². The first-order valence-electron chi connectivity index (χ1n) is 6.44. The zero-order valence-corrected chi connectivity index (χ0v) is 10.9. The molecule has 98 valence electrons. The normalized spacial score (nSPS) is 10.2. The average molecular weight is 262 g/mol. The van der Waals surface area contributed by atoms with E-state index in [4.69, 9.17) is 5.26 Å². The molecule has 2 nitrogen and oxygen atoms in total. The maximum absolute atomic E-state index is 8.56. The Morgan fingerprint density at radius 3 is 1.35 bits per heavy atom. The van der Waals surface area contributed by atoms with Crippen molar-refractivity contribution in [3.05, 3.63) is 78.9 Å². The largest absolute Gasteiger partial charge is 0.340 e. The van der Waals surface area contributed by atoms with Crippen molar-refractivity contribution in [1.82, 2.24) is 0 Å². The van der Waals surface area contributed by atoms with Crippen LogP contribution in [0.5, 0.6) is 5.75 Å². The Labute approximate surface area is 117 Å². The summed E-state index contributed by atoms with van der Waals surface area (Å²) in [6, 6.07) is 26.0. The minimum absolute atomic E-state index is 0.439. The van der Waals surface area contributed by atoms with E-state index in [0.717, 1.165) is 11.1 Å². The maximum atomic E-state index is 8.56. The fraction of sp³-hybridized carbons (Fsp3) is 0. The van der Waals surface area contributed by atoms with Crippen LogP contribution in [0.2, 0.25) is 0 Å². The number of hydrogen-bond donors (Lipinski definition) is 1. The Kier molecular flexibility index (Phi) is 3.48. The Hall–Kier alpha value is -2.58. The summed E-state index contributed by atoms with van der Waals surface area (Å²) in [7, 11) is 0. The third-order valence-electron chi connectivity index (χ3n) is 3.29. The zero-order chi connectivity index (χ0) is 13.8. The van der Waals surface area contributed by atoms with Gasteiger partial charge >= 0.3 is 0 Å². The molecular formula is C18H14O2. The van der Waals surface area contributed by atoms with Crippen LogP contribution >= 0.6 is 0 Å². The van der Waals surface area contributed by atoms with Crippen LogP contribution < -0.4 is 4.89 Å². The molecule has 0 saturated carbocycles. The van der Waals surface area contributed by atoms with Crippen molar-refractivity contribution in [3.8, 4) is 28.0 Å². The highest BCUT2D eigenvalue weighted by molar-refractivity contribution is 5.70. The number of hydrogen-bond acceptors (Lipinski definition) is 2. The predicted molar refractivity (Wildman–Crippen MR) is 80.6 cm³/mol. The van der Waals surface area contributed by atoms with Crippen LogP contribution in [0, 0.1) is 0 Å². The van der Waals surface area contributed by atoms with Gasteiger partial charge in [-0.2, -0.15) is 0 Å². The highest BCUT2D eigenvalue weighted by Crippen LogP contribution is 2.26. The summed E-state index contributed by atoms with van der Waals surface area (Å²) in [5.41, 5.74) is 4.63. The van der Waals surface area contributed by atoms with E-state index >= 15 is 0 Å². The van der Waals surface area contributed by atoms with Crippen molar-refractivity contribution in [2.75, 3.05) is 0 Å². The van der Waals surface area contributed by atoms with Gasteiger partial charge in [0.25, 0.3) is 0 Å². The van der Waals surface area contributed by atoms with Crippen molar-refractivity contribution in [2.45, 2.75) is 0 Å². The molecule has 20 heavy (non-hydrogen) atoms. The van der Waals surface area contributed by atoms with Crippen molar-refractivity contribution < 1.29 is 10.1 Å². The fourth-order valence-electron chi connectivity index (χ4n) is 2.19. The molecule has 0 heterocycles. The third-order valence-corrected chi connectivity index (χ3v) is 3.29. The molecule has 1 N–H and O–H groups in total. The lowest BCUT2D eigenvalue weighted by molar-refractivity contribution is -0.137. The van der Waals surface area contributed by atoms with Crippen molar-refractivity contribution in [1.29, 1.82) is 0 Å². The summed E-state index contributed by atoms with van der Waals surface area (Å²) in [6.45, 7) is 0. The molecule has 0 aromatic heterocycles.